The maximum Gasteiger partial charge on any atom is 0.181 e. The number of nitrogens with one attached hydrogen (secondary N) is 1. The minimum atomic E-state index is 0.207. The lowest BCUT2D eigenvalue weighted by atomic mass is 10.2. The highest BCUT2D eigenvalue weighted by Gasteiger charge is 2.00. The standard InChI is InChI=1S/C12H14N2O2/c1-9(15)4-5-13-7-10-2-3-11-12(6-10)16-8-14-11/h2-3,6,8,13H,4-5,7H2,1H3. The summed E-state index contributed by atoms with van der Waals surface area (Å²) in [6.45, 7) is 3.05. The molecule has 0 amide bonds. The number of hydrogen-bond acceptors (Lipinski definition) is 4. The molecule has 4 nitrogen and oxygen atoms in total. The summed E-state index contributed by atoms with van der Waals surface area (Å²) in [6, 6.07) is 5.90. The lowest BCUT2D eigenvalue weighted by Crippen LogP contribution is -2.16. The SMILES string of the molecule is CC(=O)CCNCc1ccc2ncoc2c1. The largest absolute Gasteiger partial charge is 0.443 e. The van der Waals surface area contributed by atoms with E-state index >= 15 is 0 Å². The quantitative estimate of drug-likeness (QED) is 0.779. The zero-order valence-corrected chi connectivity index (χ0v) is 9.19. The Morgan fingerprint density at radius 3 is 3.19 bits per heavy atom. The molecule has 0 aliphatic carbocycles. The number of oxazole rings is 1. The molecule has 1 heterocycles. The molecule has 1 aromatic carbocycles. The fourth-order valence-corrected chi connectivity index (χ4v) is 1.51. The molecule has 0 aliphatic heterocycles. The highest BCUT2D eigenvalue weighted by Crippen LogP contribution is 2.13. The minimum Gasteiger partial charge on any atom is -0.443 e. The van der Waals surface area contributed by atoms with Gasteiger partial charge in [0.1, 0.15) is 11.3 Å². The van der Waals surface area contributed by atoms with Crippen molar-refractivity contribution in [2.75, 3.05) is 6.54 Å². The van der Waals surface area contributed by atoms with E-state index < -0.39 is 0 Å². The summed E-state index contributed by atoms with van der Waals surface area (Å²) in [4.78, 5) is 14.8. The third kappa shape index (κ3) is 2.67. The number of rotatable bonds is 5. The highest BCUT2D eigenvalue weighted by molar-refractivity contribution is 5.75. The number of nitrogens with zero attached hydrogens (tertiary/aromatic N) is 1. The summed E-state index contributed by atoms with van der Waals surface area (Å²) in [5.41, 5.74) is 2.80. The molecule has 1 N–H and O–H groups in total. The number of fused-ring (bicyclic) bond motifs is 1. The second-order valence-electron chi connectivity index (χ2n) is 3.78. The molecule has 4 heteroatoms. The van der Waals surface area contributed by atoms with Crippen molar-refractivity contribution < 1.29 is 9.21 Å². The summed E-state index contributed by atoms with van der Waals surface area (Å²) in [6.07, 6.45) is 2.02. The number of ketones is 1. The fourth-order valence-electron chi connectivity index (χ4n) is 1.51. The van der Waals surface area contributed by atoms with Gasteiger partial charge in [-0.3, -0.25) is 4.79 Å². The van der Waals surface area contributed by atoms with Gasteiger partial charge in [-0.2, -0.15) is 0 Å². The van der Waals surface area contributed by atoms with Crippen LogP contribution in [0.25, 0.3) is 11.1 Å². The molecule has 2 aromatic rings. The van der Waals surface area contributed by atoms with Gasteiger partial charge in [0.15, 0.2) is 12.0 Å². The van der Waals surface area contributed by atoms with Crippen LogP contribution in [0.2, 0.25) is 0 Å². The molecule has 0 fully saturated rings. The smallest absolute Gasteiger partial charge is 0.181 e. The maximum atomic E-state index is 10.7. The van der Waals surface area contributed by atoms with Gasteiger partial charge in [0.2, 0.25) is 0 Å². The van der Waals surface area contributed by atoms with Gasteiger partial charge in [-0.25, -0.2) is 4.98 Å². The summed E-state index contributed by atoms with van der Waals surface area (Å²) in [5, 5.41) is 3.21. The molecule has 0 spiro atoms. The second kappa shape index (κ2) is 4.90. The van der Waals surface area contributed by atoms with Crippen LogP contribution < -0.4 is 5.32 Å². The van der Waals surface area contributed by atoms with E-state index in [0.29, 0.717) is 13.0 Å². The van der Waals surface area contributed by atoms with Gasteiger partial charge in [0.05, 0.1) is 0 Å². The maximum absolute atomic E-state index is 10.7. The summed E-state index contributed by atoms with van der Waals surface area (Å²) in [7, 11) is 0. The molecule has 84 valence electrons. The third-order valence-electron chi connectivity index (χ3n) is 2.38. The Kier molecular flexibility index (Phi) is 3.31. The van der Waals surface area contributed by atoms with Crippen LogP contribution in [0.5, 0.6) is 0 Å². The molecule has 0 unspecified atom stereocenters. The van der Waals surface area contributed by atoms with Crippen LogP contribution in [-0.2, 0) is 11.3 Å². The molecule has 0 saturated heterocycles. The average Bonchev–Trinajstić information content (AvgIpc) is 2.71. The molecule has 1 aromatic heterocycles. The first-order valence-corrected chi connectivity index (χ1v) is 5.28. The number of carbonyl (C=O) groups is 1. The van der Waals surface area contributed by atoms with Crippen LogP contribution in [-0.4, -0.2) is 17.3 Å². The van der Waals surface area contributed by atoms with Crippen molar-refractivity contribution >= 4 is 16.9 Å². The molecule has 16 heavy (non-hydrogen) atoms. The van der Waals surface area contributed by atoms with Crippen LogP contribution in [0.3, 0.4) is 0 Å². The summed E-state index contributed by atoms with van der Waals surface area (Å²) < 4.78 is 5.21. The van der Waals surface area contributed by atoms with E-state index in [1.165, 1.54) is 6.39 Å². The van der Waals surface area contributed by atoms with Crippen LogP contribution in [0.4, 0.5) is 0 Å². The Hall–Kier alpha value is -1.68. The average molecular weight is 218 g/mol. The molecular formula is C12H14N2O2. The van der Waals surface area contributed by atoms with Gasteiger partial charge in [-0.15, -0.1) is 0 Å². The van der Waals surface area contributed by atoms with Crippen molar-refractivity contribution in [3.8, 4) is 0 Å². The normalized spacial score (nSPS) is 10.8. The van der Waals surface area contributed by atoms with Crippen molar-refractivity contribution in [1.29, 1.82) is 0 Å². The molecule has 0 radical (unpaired) electrons. The van der Waals surface area contributed by atoms with Gasteiger partial charge in [0.25, 0.3) is 0 Å². The van der Waals surface area contributed by atoms with Crippen molar-refractivity contribution in [3.05, 3.63) is 30.2 Å². The number of carbonyl (C=O) groups excluding carboxylic acids is 1. The number of aromatic nitrogens is 1. The molecule has 0 aliphatic rings. The Balaban J connectivity index is 1.91. The first-order valence-electron chi connectivity index (χ1n) is 5.28. The third-order valence-corrected chi connectivity index (χ3v) is 2.38. The van der Waals surface area contributed by atoms with Crippen LogP contribution in [0.1, 0.15) is 18.9 Å². The van der Waals surface area contributed by atoms with Gasteiger partial charge < -0.3 is 9.73 Å². The summed E-state index contributed by atoms with van der Waals surface area (Å²) in [5.74, 6) is 0.207. The molecule has 0 atom stereocenters. The van der Waals surface area contributed by atoms with E-state index in [2.05, 4.69) is 10.3 Å². The van der Waals surface area contributed by atoms with Gasteiger partial charge in [-0.1, -0.05) is 6.07 Å². The van der Waals surface area contributed by atoms with E-state index in [0.717, 1.165) is 23.2 Å². The predicted molar refractivity (Wildman–Crippen MR) is 61.0 cm³/mol. The molecular weight excluding hydrogens is 204 g/mol. The van der Waals surface area contributed by atoms with Crippen molar-refractivity contribution in [1.82, 2.24) is 10.3 Å². The Morgan fingerprint density at radius 1 is 1.50 bits per heavy atom. The van der Waals surface area contributed by atoms with Crippen LogP contribution >= 0.6 is 0 Å². The monoisotopic (exact) mass is 218 g/mol. The first kappa shape index (κ1) is 10.8. The Morgan fingerprint density at radius 2 is 2.38 bits per heavy atom. The number of Topliss-reactive ketones (excluding diaryl/α,β-unsaturated/α-hetero) is 1. The molecule has 0 saturated carbocycles. The lowest BCUT2D eigenvalue weighted by molar-refractivity contribution is -0.116. The summed E-state index contributed by atoms with van der Waals surface area (Å²) >= 11 is 0. The second-order valence-corrected chi connectivity index (χ2v) is 3.78. The van der Waals surface area contributed by atoms with Crippen LogP contribution in [0.15, 0.2) is 29.0 Å². The lowest BCUT2D eigenvalue weighted by Gasteiger charge is -2.02. The van der Waals surface area contributed by atoms with E-state index in [-0.39, 0.29) is 5.78 Å². The highest BCUT2D eigenvalue weighted by atomic mass is 16.3. The van der Waals surface area contributed by atoms with Gasteiger partial charge in [0, 0.05) is 19.5 Å². The topological polar surface area (TPSA) is 55.1 Å². The Bertz CT molecular complexity index is 490. The van der Waals surface area contributed by atoms with E-state index in [1.807, 2.05) is 18.2 Å². The van der Waals surface area contributed by atoms with Gasteiger partial charge in [-0.05, 0) is 24.6 Å². The zero-order chi connectivity index (χ0) is 11.4. The number of benzene rings is 1. The van der Waals surface area contributed by atoms with Crippen LogP contribution in [0, 0.1) is 0 Å². The van der Waals surface area contributed by atoms with E-state index in [1.54, 1.807) is 6.92 Å². The van der Waals surface area contributed by atoms with E-state index in [4.69, 9.17) is 4.42 Å². The van der Waals surface area contributed by atoms with Crippen molar-refractivity contribution in [3.63, 3.8) is 0 Å². The Labute approximate surface area is 93.7 Å². The molecule has 2 rings (SSSR count). The molecule has 0 bridgehead atoms. The fraction of sp³-hybridized carbons (Fsp3) is 0.333. The van der Waals surface area contributed by atoms with Gasteiger partial charge >= 0.3 is 0 Å². The van der Waals surface area contributed by atoms with Crippen molar-refractivity contribution in [2.24, 2.45) is 0 Å². The predicted octanol–water partition coefficient (Wildman–Crippen LogP) is 1.90. The minimum absolute atomic E-state index is 0.207. The zero-order valence-electron chi connectivity index (χ0n) is 9.19. The van der Waals surface area contributed by atoms with Crippen molar-refractivity contribution in [2.45, 2.75) is 19.9 Å². The first-order chi connectivity index (χ1) is 7.75. The van der Waals surface area contributed by atoms with E-state index in [9.17, 15) is 4.79 Å². The number of hydrogen-bond donors (Lipinski definition) is 1.